The molecule has 1 fully saturated rings. The zero-order chi connectivity index (χ0) is 11.4. The molecule has 0 radical (unpaired) electrons. The summed E-state index contributed by atoms with van der Waals surface area (Å²) in [6.45, 7) is 7.77. The number of hydrogen-bond donors (Lipinski definition) is 1. The normalized spacial score (nSPS) is 21.2. The highest BCUT2D eigenvalue weighted by Crippen LogP contribution is 2.17. The summed E-state index contributed by atoms with van der Waals surface area (Å²) >= 11 is 0. The van der Waals surface area contributed by atoms with Crippen molar-refractivity contribution in [2.24, 2.45) is 0 Å². The minimum Gasteiger partial charge on any atom is -0.368 e. The van der Waals surface area contributed by atoms with Crippen molar-refractivity contribution in [3.05, 3.63) is 23.9 Å². The standard InChI is InChI=1S/C13H21N3/c1-3-16-8-4-5-12(16)10-15-13-9-11(2)6-7-14-13/h6-7,9,12H,3-5,8,10H2,1-2H3,(H,14,15). The summed E-state index contributed by atoms with van der Waals surface area (Å²) in [7, 11) is 0. The van der Waals surface area contributed by atoms with Gasteiger partial charge in [0, 0.05) is 18.8 Å². The molecule has 1 N–H and O–H groups in total. The Morgan fingerprint density at radius 3 is 3.19 bits per heavy atom. The second-order valence-electron chi connectivity index (χ2n) is 4.52. The van der Waals surface area contributed by atoms with Crippen LogP contribution < -0.4 is 5.32 Å². The Bertz CT molecular complexity index is 338. The molecule has 1 aliphatic rings. The maximum Gasteiger partial charge on any atom is 0.126 e. The Morgan fingerprint density at radius 1 is 1.56 bits per heavy atom. The molecule has 1 unspecified atom stereocenters. The van der Waals surface area contributed by atoms with Crippen LogP contribution in [0.2, 0.25) is 0 Å². The minimum absolute atomic E-state index is 0.687. The predicted octanol–water partition coefficient (Wildman–Crippen LogP) is 2.29. The van der Waals surface area contributed by atoms with Crippen LogP contribution in [0.4, 0.5) is 5.82 Å². The molecule has 3 nitrogen and oxygen atoms in total. The van der Waals surface area contributed by atoms with E-state index in [-0.39, 0.29) is 0 Å². The van der Waals surface area contributed by atoms with Crippen molar-refractivity contribution in [3.8, 4) is 0 Å². The van der Waals surface area contributed by atoms with Gasteiger partial charge in [-0.15, -0.1) is 0 Å². The van der Waals surface area contributed by atoms with Gasteiger partial charge in [0.25, 0.3) is 0 Å². The molecule has 0 aliphatic carbocycles. The first-order valence-corrected chi connectivity index (χ1v) is 6.20. The first-order valence-electron chi connectivity index (χ1n) is 6.20. The first kappa shape index (κ1) is 11.4. The van der Waals surface area contributed by atoms with Gasteiger partial charge < -0.3 is 5.32 Å². The lowest BCUT2D eigenvalue weighted by atomic mass is 10.2. The van der Waals surface area contributed by atoms with Crippen molar-refractivity contribution >= 4 is 5.82 Å². The minimum atomic E-state index is 0.687. The van der Waals surface area contributed by atoms with E-state index in [1.54, 1.807) is 0 Å². The van der Waals surface area contributed by atoms with Crippen molar-refractivity contribution in [3.63, 3.8) is 0 Å². The van der Waals surface area contributed by atoms with Crippen LogP contribution in [-0.4, -0.2) is 35.6 Å². The fraction of sp³-hybridized carbons (Fsp3) is 0.615. The van der Waals surface area contributed by atoms with Gasteiger partial charge in [0.15, 0.2) is 0 Å². The zero-order valence-electron chi connectivity index (χ0n) is 10.2. The summed E-state index contributed by atoms with van der Waals surface area (Å²) in [4.78, 5) is 6.87. The van der Waals surface area contributed by atoms with E-state index in [1.807, 2.05) is 12.3 Å². The Labute approximate surface area is 97.9 Å². The number of rotatable bonds is 4. The number of anilines is 1. The molecule has 88 valence electrons. The molecular formula is C13H21N3. The highest BCUT2D eigenvalue weighted by molar-refractivity contribution is 5.37. The number of pyridine rings is 1. The van der Waals surface area contributed by atoms with Gasteiger partial charge in [-0.1, -0.05) is 6.92 Å². The highest BCUT2D eigenvalue weighted by atomic mass is 15.2. The highest BCUT2D eigenvalue weighted by Gasteiger charge is 2.22. The van der Waals surface area contributed by atoms with Crippen molar-refractivity contribution < 1.29 is 0 Å². The summed E-state index contributed by atoms with van der Waals surface area (Å²) in [5, 5.41) is 3.44. The molecule has 0 amide bonds. The summed E-state index contributed by atoms with van der Waals surface area (Å²) in [6.07, 6.45) is 4.51. The Morgan fingerprint density at radius 2 is 2.44 bits per heavy atom. The lowest BCUT2D eigenvalue weighted by Gasteiger charge is -2.23. The molecule has 0 bridgehead atoms. The van der Waals surface area contributed by atoms with E-state index in [9.17, 15) is 0 Å². The van der Waals surface area contributed by atoms with Crippen LogP contribution in [-0.2, 0) is 0 Å². The Hall–Kier alpha value is -1.09. The Balaban J connectivity index is 1.87. The molecule has 0 saturated carbocycles. The van der Waals surface area contributed by atoms with E-state index in [0.717, 1.165) is 18.9 Å². The second kappa shape index (κ2) is 5.30. The van der Waals surface area contributed by atoms with E-state index in [2.05, 4.69) is 35.1 Å². The topological polar surface area (TPSA) is 28.2 Å². The molecule has 1 aromatic heterocycles. The largest absolute Gasteiger partial charge is 0.368 e. The lowest BCUT2D eigenvalue weighted by Crippen LogP contribution is -2.34. The van der Waals surface area contributed by atoms with Crippen LogP contribution in [0.3, 0.4) is 0 Å². The maximum absolute atomic E-state index is 4.32. The molecule has 1 aromatic rings. The van der Waals surface area contributed by atoms with Gasteiger partial charge in [0.2, 0.25) is 0 Å². The molecule has 1 aliphatic heterocycles. The summed E-state index contributed by atoms with van der Waals surface area (Å²) in [6, 6.07) is 4.82. The zero-order valence-corrected chi connectivity index (χ0v) is 10.2. The van der Waals surface area contributed by atoms with Crippen LogP contribution in [0.15, 0.2) is 18.3 Å². The molecule has 2 heterocycles. The Kier molecular flexibility index (Phi) is 3.78. The van der Waals surface area contributed by atoms with Gasteiger partial charge in [0.05, 0.1) is 0 Å². The molecule has 1 atom stereocenters. The number of nitrogens with zero attached hydrogens (tertiary/aromatic N) is 2. The fourth-order valence-electron chi connectivity index (χ4n) is 2.40. The molecule has 2 rings (SSSR count). The SMILES string of the molecule is CCN1CCCC1CNc1cc(C)ccn1. The molecular weight excluding hydrogens is 198 g/mol. The smallest absolute Gasteiger partial charge is 0.126 e. The van der Waals surface area contributed by atoms with E-state index in [0.29, 0.717) is 6.04 Å². The summed E-state index contributed by atoms with van der Waals surface area (Å²) in [5.74, 6) is 1.00. The van der Waals surface area contributed by atoms with Gasteiger partial charge in [-0.2, -0.15) is 0 Å². The second-order valence-corrected chi connectivity index (χ2v) is 4.52. The third-order valence-corrected chi connectivity index (χ3v) is 3.34. The number of likely N-dealkylation sites (N-methyl/N-ethyl adjacent to an activating group) is 1. The van der Waals surface area contributed by atoms with Crippen molar-refractivity contribution in [1.29, 1.82) is 0 Å². The maximum atomic E-state index is 4.32. The average molecular weight is 219 g/mol. The van der Waals surface area contributed by atoms with Gasteiger partial charge >= 0.3 is 0 Å². The van der Waals surface area contributed by atoms with Crippen LogP contribution in [0.1, 0.15) is 25.3 Å². The van der Waals surface area contributed by atoms with Gasteiger partial charge in [-0.25, -0.2) is 4.98 Å². The fourth-order valence-corrected chi connectivity index (χ4v) is 2.40. The van der Waals surface area contributed by atoms with Crippen molar-refractivity contribution in [2.45, 2.75) is 32.7 Å². The van der Waals surface area contributed by atoms with E-state index in [1.165, 1.54) is 24.9 Å². The number of aryl methyl sites for hydroxylation is 1. The van der Waals surface area contributed by atoms with Crippen LogP contribution >= 0.6 is 0 Å². The van der Waals surface area contributed by atoms with E-state index >= 15 is 0 Å². The molecule has 16 heavy (non-hydrogen) atoms. The van der Waals surface area contributed by atoms with Gasteiger partial charge in [-0.05, 0) is 50.6 Å². The van der Waals surface area contributed by atoms with Crippen LogP contribution in [0.5, 0.6) is 0 Å². The average Bonchev–Trinajstić information content (AvgIpc) is 2.74. The third kappa shape index (κ3) is 2.73. The van der Waals surface area contributed by atoms with Gasteiger partial charge in [0.1, 0.15) is 5.82 Å². The number of likely N-dealkylation sites (tertiary alicyclic amines) is 1. The van der Waals surface area contributed by atoms with Crippen molar-refractivity contribution in [2.75, 3.05) is 25.0 Å². The number of nitrogens with one attached hydrogen (secondary N) is 1. The number of aromatic nitrogens is 1. The van der Waals surface area contributed by atoms with Crippen LogP contribution in [0, 0.1) is 6.92 Å². The quantitative estimate of drug-likeness (QED) is 0.842. The molecule has 1 saturated heterocycles. The monoisotopic (exact) mass is 219 g/mol. The van der Waals surface area contributed by atoms with Crippen molar-refractivity contribution in [1.82, 2.24) is 9.88 Å². The van der Waals surface area contributed by atoms with Gasteiger partial charge in [-0.3, -0.25) is 4.90 Å². The molecule has 3 heteroatoms. The number of hydrogen-bond acceptors (Lipinski definition) is 3. The molecule has 0 aromatic carbocycles. The van der Waals surface area contributed by atoms with Crippen LogP contribution in [0.25, 0.3) is 0 Å². The molecule has 0 spiro atoms. The van der Waals surface area contributed by atoms with E-state index in [4.69, 9.17) is 0 Å². The van der Waals surface area contributed by atoms with E-state index < -0.39 is 0 Å². The predicted molar refractivity (Wildman–Crippen MR) is 67.7 cm³/mol. The summed E-state index contributed by atoms with van der Waals surface area (Å²) < 4.78 is 0. The third-order valence-electron chi connectivity index (χ3n) is 3.34. The first-order chi connectivity index (χ1) is 7.79. The lowest BCUT2D eigenvalue weighted by molar-refractivity contribution is 0.277. The summed E-state index contributed by atoms with van der Waals surface area (Å²) in [5.41, 5.74) is 1.26.